The lowest BCUT2D eigenvalue weighted by Gasteiger charge is -2.27. The van der Waals surface area contributed by atoms with Gasteiger partial charge in [-0.2, -0.15) is 0 Å². The number of hydrogen-bond acceptors (Lipinski definition) is 2. The van der Waals surface area contributed by atoms with Crippen molar-refractivity contribution in [2.45, 2.75) is 51.1 Å². The molecule has 2 heteroatoms. The average Bonchev–Trinajstić information content (AvgIpc) is 2.75. The van der Waals surface area contributed by atoms with Gasteiger partial charge in [0.25, 0.3) is 0 Å². The molecule has 0 amide bonds. The van der Waals surface area contributed by atoms with E-state index in [1.54, 1.807) is 0 Å². The summed E-state index contributed by atoms with van der Waals surface area (Å²) in [5.41, 5.74) is 0. The normalized spacial score (nSPS) is 39.7. The maximum Gasteiger partial charge on any atom is 0.0584 e. The highest BCUT2D eigenvalue weighted by Gasteiger charge is 2.39. The van der Waals surface area contributed by atoms with E-state index in [0.29, 0.717) is 12.6 Å². The molecule has 0 aromatic carbocycles. The highest BCUT2D eigenvalue weighted by Crippen LogP contribution is 2.44. The number of aliphatic hydroxyl groups is 1. The van der Waals surface area contributed by atoms with Gasteiger partial charge < -0.3 is 10.4 Å². The molecule has 2 saturated carbocycles. The number of aliphatic hydroxyl groups excluding tert-OH is 1. The van der Waals surface area contributed by atoms with Crippen molar-refractivity contribution in [3.8, 4) is 0 Å². The molecular weight excluding hydrogens is 162 g/mol. The third kappa shape index (κ3) is 1.89. The second-order valence-corrected chi connectivity index (χ2v) is 4.74. The van der Waals surface area contributed by atoms with Crippen molar-refractivity contribution in [3.05, 3.63) is 0 Å². The van der Waals surface area contributed by atoms with Gasteiger partial charge in [0.15, 0.2) is 0 Å². The number of hydrogen-bond donors (Lipinski definition) is 2. The van der Waals surface area contributed by atoms with E-state index in [1.807, 2.05) is 0 Å². The van der Waals surface area contributed by atoms with Gasteiger partial charge in [0.05, 0.1) is 6.61 Å². The van der Waals surface area contributed by atoms with Crippen LogP contribution < -0.4 is 5.32 Å². The van der Waals surface area contributed by atoms with Crippen LogP contribution in [0.5, 0.6) is 0 Å². The third-order valence-electron chi connectivity index (χ3n) is 3.90. The fourth-order valence-electron chi connectivity index (χ4n) is 3.05. The molecular formula is C11H21NO. The molecule has 2 rings (SSSR count). The predicted octanol–water partition coefficient (Wildman–Crippen LogP) is 1.54. The van der Waals surface area contributed by atoms with E-state index >= 15 is 0 Å². The molecule has 0 aliphatic heterocycles. The molecule has 2 N–H and O–H groups in total. The zero-order valence-electron chi connectivity index (χ0n) is 8.50. The van der Waals surface area contributed by atoms with Gasteiger partial charge in [0.2, 0.25) is 0 Å². The summed E-state index contributed by atoms with van der Waals surface area (Å²) in [7, 11) is 0. The van der Waals surface area contributed by atoms with Gasteiger partial charge >= 0.3 is 0 Å². The Balaban J connectivity index is 1.82. The van der Waals surface area contributed by atoms with E-state index in [2.05, 4.69) is 12.2 Å². The summed E-state index contributed by atoms with van der Waals surface area (Å²) in [5.74, 6) is 1.92. The SMILES string of the molecule is CC[C@H](CO)N[C@H]1C[C@H]2CC[C@H]1C2. The van der Waals surface area contributed by atoms with Crippen LogP contribution in [0.1, 0.15) is 39.0 Å². The Bertz CT molecular complexity index is 167. The van der Waals surface area contributed by atoms with Crippen LogP contribution in [0.3, 0.4) is 0 Å². The Morgan fingerprint density at radius 3 is 2.69 bits per heavy atom. The van der Waals surface area contributed by atoms with Crippen molar-refractivity contribution < 1.29 is 5.11 Å². The predicted molar refractivity (Wildman–Crippen MR) is 53.5 cm³/mol. The zero-order chi connectivity index (χ0) is 9.26. The van der Waals surface area contributed by atoms with Crippen LogP contribution in [0, 0.1) is 11.8 Å². The van der Waals surface area contributed by atoms with Gasteiger partial charge in [-0.25, -0.2) is 0 Å². The molecule has 0 unspecified atom stereocenters. The molecule has 2 bridgehead atoms. The van der Waals surface area contributed by atoms with E-state index < -0.39 is 0 Å². The summed E-state index contributed by atoms with van der Waals surface area (Å²) >= 11 is 0. The van der Waals surface area contributed by atoms with Crippen LogP contribution in [-0.4, -0.2) is 23.8 Å². The molecule has 0 saturated heterocycles. The van der Waals surface area contributed by atoms with Crippen molar-refractivity contribution in [3.63, 3.8) is 0 Å². The van der Waals surface area contributed by atoms with Crippen molar-refractivity contribution in [2.75, 3.05) is 6.61 Å². The van der Waals surface area contributed by atoms with Gasteiger partial charge in [-0.05, 0) is 37.5 Å². The summed E-state index contributed by atoms with van der Waals surface area (Å²) in [6, 6.07) is 1.06. The third-order valence-corrected chi connectivity index (χ3v) is 3.90. The first-order chi connectivity index (χ1) is 6.33. The van der Waals surface area contributed by atoms with Crippen molar-refractivity contribution in [2.24, 2.45) is 11.8 Å². The smallest absolute Gasteiger partial charge is 0.0584 e. The molecule has 0 heterocycles. The fourth-order valence-corrected chi connectivity index (χ4v) is 3.05. The maximum atomic E-state index is 9.09. The molecule has 2 nitrogen and oxygen atoms in total. The maximum absolute atomic E-state index is 9.09. The van der Waals surface area contributed by atoms with Crippen molar-refractivity contribution in [1.82, 2.24) is 5.32 Å². The van der Waals surface area contributed by atoms with Crippen molar-refractivity contribution in [1.29, 1.82) is 0 Å². The molecule has 4 atom stereocenters. The fraction of sp³-hybridized carbons (Fsp3) is 1.00. The van der Waals surface area contributed by atoms with E-state index in [0.717, 1.165) is 24.3 Å². The summed E-state index contributed by atoms with van der Waals surface area (Å²) in [4.78, 5) is 0. The highest BCUT2D eigenvalue weighted by molar-refractivity contribution is 4.95. The first-order valence-corrected chi connectivity index (χ1v) is 5.70. The lowest BCUT2D eigenvalue weighted by atomic mass is 9.94. The molecule has 13 heavy (non-hydrogen) atoms. The average molecular weight is 183 g/mol. The van der Waals surface area contributed by atoms with Gasteiger partial charge in [-0.3, -0.25) is 0 Å². The zero-order valence-corrected chi connectivity index (χ0v) is 8.50. The second kappa shape index (κ2) is 3.97. The van der Waals surface area contributed by atoms with Gasteiger partial charge in [0.1, 0.15) is 0 Å². The summed E-state index contributed by atoms with van der Waals surface area (Å²) in [5, 5.41) is 12.7. The van der Waals surface area contributed by atoms with Gasteiger partial charge in [-0.1, -0.05) is 13.3 Å². The monoisotopic (exact) mass is 183 g/mol. The van der Waals surface area contributed by atoms with Crippen LogP contribution in [0.2, 0.25) is 0 Å². The quantitative estimate of drug-likeness (QED) is 0.693. The van der Waals surface area contributed by atoms with Crippen LogP contribution in [-0.2, 0) is 0 Å². The Labute approximate surface area is 80.7 Å². The summed E-state index contributed by atoms with van der Waals surface area (Å²) in [6.07, 6.45) is 6.73. The second-order valence-electron chi connectivity index (χ2n) is 4.74. The lowest BCUT2D eigenvalue weighted by Crippen LogP contribution is -2.42. The summed E-state index contributed by atoms with van der Waals surface area (Å²) in [6.45, 7) is 2.44. The molecule has 0 spiro atoms. The standard InChI is InChI=1S/C11H21NO/c1-2-10(7-13)12-11-6-8-3-4-9(11)5-8/h8-13H,2-7H2,1H3/t8-,9-,10+,11-/m0/s1. The largest absolute Gasteiger partial charge is 0.395 e. The van der Waals surface area contributed by atoms with E-state index in [1.165, 1.54) is 25.7 Å². The van der Waals surface area contributed by atoms with E-state index in [9.17, 15) is 0 Å². The molecule has 2 aliphatic carbocycles. The van der Waals surface area contributed by atoms with Crippen LogP contribution in [0.4, 0.5) is 0 Å². The van der Waals surface area contributed by atoms with E-state index in [-0.39, 0.29) is 0 Å². The van der Waals surface area contributed by atoms with Gasteiger partial charge in [0, 0.05) is 12.1 Å². The Kier molecular flexibility index (Phi) is 2.89. The molecule has 0 aromatic heterocycles. The van der Waals surface area contributed by atoms with Crippen LogP contribution in [0.25, 0.3) is 0 Å². The minimum atomic E-state index is 0.296. The van der Waals surface area contributed by atoms with E-state index in [4.69, 9.17) is 5.11 Å². The summed E-state index contributed by atoms with van der Waals surface area (Å²) < 4.78 is 0. The molecule has 0 radical (unpaired) electrons. The van der Waals surface area contributed by atoms with Crippen LogP contribution >= 0.6 is 0 Å². The first kappa shape index (κ1) is 9.47. The Hall–Kier alpha value is -0.0800. The number of nitrogens with one attached hydrogen (secondary N) is 1. The number of fused-ring (bicyclic) bond motifs is 2. The molecule has 2 aliphatic rings. The number of rotatable bonds is 4. The van der Waals surface area contributed by atoms with Gasteiger partial charge in [-0.15, -0.1) is 0 Å². The molecule has 0 aromatic rings. The highest BCUT2D eigenvalue weighted by atomic mass is 16.3. The Morgan fingerprint density at radius 2 is 2.23 bits per heavy atom. The molecule has 2 fully saturated rings. The first-order valence-electron chi connectivity index (χ1n) is 5.70. The molecule has 76 valence electrons. The lowest BCUT2D eigenvalue weighted by molar-refractivity contribution is 0.210. The topological polar surface area (TPSA) is 32.3 Å². The minimum absolute atomic E-state index is 0.296. The van der Waals surface area contributed by atoms with Crippen LogP contribution in [0.15, 0.2) is 0 Å². The Morgan fingerprint density at radius 1 is 1.38 bits per heavy atom. The minimum Gasteiger partial charge on any atom is -0.395 e. The van der Waals surface area contributed by atoms with Crippen molar-refractivity contribution >= 4 is 0 Å².